The van der Waals surface area contributed by atoms with E-state index < -0.39 is 0 Å². The molecular formula is C24H22N2O5. The molecule has 1 N–H and O–H groups in total. The van der Waals surface area contributed by atoms with Crippen molar-refractivity contribution in [1.29, 1.82) is 0 Å². The van der Waals surface area contributed by atoms with Crippen LogP contribution in [0.1, 0.15) is 15.9 Å². The lowest BCUT2D eigenvalue weighted by Gasteiger charge is -2.14. The number of ether oxygens (including phenoxy) is 3. The SMILES string of the molecule is COc1cc(C(=O)Nc2ccc(-c3nc4ccc(C)cc4o3)cc2)cc(OC)c1OC. The maximum Gasteiger partial charge on any atom is 0.255 e. The van der Waals surface area contributed by atoms with Gasteiger partial charge < -0.3 is 23.9 Å². The molecule has 0 aliphatic heterocycles. The van der Waals surface area contributed by atoms with Crippen LogP contribution in [0.3, 0.4) is 0 Å². The lowest BCUT2D eigenvalue weighted by molar-refractivity contribution is 0.102. The molecule has 0 unspecified atom stereocenters. The van der Waals surface area contributed by atoms with E-state index in [0.717, 1.165) is 22.2 Å². The van der Waals surface area contributed by atoms with Gasteiger partial charge in [-0.2, -0.15) is 0 Å². The van der Waals surface area contributed by atoms with E-state index in [2.05, 4.69) is 10.3 Å². The number of hydrogen-bond acceptors (Lipinski definition) is 6. The van der Waals surface area contributed by atoms with Crippen LogP contribution in [0.15, 0.2) is 59.0 Å². The van der Waals surface area contributed by atoms with E-state index in [0.29, 0.717) is 34.4 Å². The predicted octanol–water partition coefficient (Wildman–Crippen LogP) is 5.08. The Morgan fingerprint density at radius 2 is 1.58 bits per heavy atom. The standard InChI is InChI=1S/C24H22N2O5/c1-14-5-10-18-19(11-14)31-24(26-18)15-6-8-17(9-7-15)25-23(27)16-12-20(28-2)22(30-4)21(13-16)29-3/h5-13H,1-4H3,(H,25,27). The third kappa shape index (κ3) is 4.02. The molecule has 0 saturated heterocycles. The first-order valence-electron chi connectivity index (χ1n) is 9.61. The monoisotopic (exact) mass is 418 g/mol. The van der Waals surface area contributed by atoms with Gasteiger partial charge in [-0.15, -0.1) is 0 Å². The summed E-state index contributed by atoms with van der Waals surface area (Å²) in [6, 6.07) is 16.4. The molecule has 4 aromatic rings. The first kappa shape index (κ1) is 20.3. The quantitative estimate of drug-likeness (QED) is 0.470. The topological polar surface area (TPSA) is 82.8 Å². The minimum absolute atomic E-state index is 0.302. The highest BCUT2D eigenvalue weighted by molar-refractivity contribution is 6.05. The zero-order valence-corrected chi connectivity index (χ0v) is 17.7. The molecule has 0 spiro atoms. The summed E-state index contributed by atoms with van der Waals surface area (Å²) in [5, 5.41) is 2.87. The number of benzene rings is 3. The number of methoxy groups -OCH3 is 3. The van der Waals surface area contributed by atoms with Gasteiger partial charge in [-0.3, -0.25) is 4.79 Å². The first-order chi connectivity index (χ1) is 15.0. The van der Waals surface area contributed by atoms with Gasteiger partial charge in [-0.1, -0.05) is 6.07 Å². The van der Waals surface area contributed by atoms with Crippen molar-refractivity contribution in [2.45, 2.75) is 6.92 Å². The number of carbonyl (C=O) groups excluding carboxylic acids is 1. The van der Waals surface area contributed by atoms with Crippen molar-refractivity contribution in [3.63, 3.8) is 0 Å². The minimum Gasteiger partial charge on any atom is -0.493 e. The highest BCUT2D eigenvalue weighted by atomic mass is 16.5. The van der Waals surface area contributed by atoms with Gasteiger partial charge >= 0.3 is 0 Å². The van der Waals surface area contributed by atoms with Crippen LogP contribution in [0.5, 0.6) is 17.2 Å². The van der Waals surface area contributed by atoms with Gasteiger partial charge in [-0.05, 0) is 61.0 Å². The Hall–Kier alpha value is -4.00. The molecule has 1 amide bonds. The van der Waals surface area contributed by atoms with Crippen LogP contribution in [0.4, 0.5) is 5.69 Å². The van der Waals surface area contributed by atoms with Crippen LogP contribution in [0.25, 0.3) is 22.6 Å². The van der Waals surface area contributed by atoms with Crippen LogP contribution < -0.4 is 19.5 Å². The number of nitrogens with one attached hydrogen (secondary N) is 1. The Morgan fingerprint density at radius 3 is 2.19 bits per heavy atom. The van der Waals surface area contributed by atoms with E-state index in [1.807, 2.05) is 37.3 Å². The van der Waals surface area contributed by atoms with Gasteiger partial charge in [0.15, 0.2) is 17.1 Å². The zero-order chi connectivity index (χ0) is 22.0. The van der Waals surface area contributed by atoms with E-state index in [9.17, 15) is 4.79 Å². The van der Waals surface area contributed by atoms with Crippen molar-refractivity contribution in [3.8, 4) is 28.7 Å². The number of rotatable bonds is 6. The van der Waals surface area contributed by atoms with E-state index in [4.69, 9.17) is 18.6 Å². The van der Waals surface area contributed by atoms with Crippen molar-refractivity contribution in [1.82, 2.24) is 4.98 Å². The molecule has 7 heteroatoms. The second-order valence-corrected chi connectivity index (χ2v) is 6.94. The Bertz CT molecular complexity index is 1220. The van der Waals surface area contributed by atoms with E-state index >= 15 is 0 Å². The Labute approximate surface area is 179 Å². The first-order valence-corrected chi connectivity index (χ1v) is 9.61. The molecule has 0 atom stereocenters. The number of carbonyl (C=O) groups is 1. The van der Waals surface area contributed by atoms with Crippen LogP contribution in [0.2, 0.25) is 0 Å². The molecule has 0 aliphatic rings. The molecule has 7 nitrogen and oxygen atoms in total. The average molecular weight is 418 g/mol. The number of fused-ring (bicyclic) bond motifs is 1. The largest absolute Gasteiger partial charge is 0.493 e. The average Bonchev–Trinajstić information content (AvgIpc) is 3.21. The summed E-state index contributed by atoms with van der Waals surface area (Å²) in [5.41, 5.74) is 4.50. The van der Waals surface area contributed by atoms with Gasteiger partial charge in [0, 0.05) is 16.8 Å². The number of aromatic nitrogens is 1. The molecule has 0 saturated carbocycles. The summed E-state index contributed by atoms with van der Waals surface area (Å²) in [5.74, 6) is 1.48. The lowest BCUT2D eigenvalue weighted by atomic mass is 10.1. The highest BCUT2D eigenvalue weighted by Gasteiger charge is 2.17. The minimum atomic E-state index is -0.302. The van der Waals surface area contributed by atoms with Crippen molar-refractivity contribution in [2.75, 3.05) is 26.6 Å². The molecule has 1 aromatic heterocycles. The molecule has 3 aromatic carbocycles. The fourth-order valence-electron chi connectivity index (χ4n) is 3.27. The second kappa shape index (κ2) is 8.39. The molecule has 0 radical (unpaired) electrons. The summed E-state index contributed by atoms with van der Waals surface area (Å²) in [7, 11) is 4.52. The van der Waals surface area contributed by atoms with Crippen molar-refractivity contribution >= 4 is 22.7 Å². The number of aryl methyl sites for hydroxylation is 1. The summed E-state index contributed by atoms with van der Waals surface area (Å²) < 4.78 is 21.8. The second-order valence-electron chi connectivity index (χ2n) is 6.94. The molecule has 1 heterocycles. The summed E-state index contributed by atoms with van der Waals surface area (Å²) in [4.78, 5) is 17.3. The zero-order valence-electron chi connectivity index (χ0n) is 17.7. The number of hydrogen-bond donors (Lipinski definition) is 1. The Balaban J connectivity index is 1.55. The van der Waals surface area contributed by atoms with Gasteiger partial charge in [0.1, 0.15) is 5.52 Å². The Morgan fingerprint density at radius 1 is 0.903 bits per heavy atom. The van der Waals surface area contributed by atoms with Crippen LogP contribution in [0, 0.1) is 6.92 Å². The molecule has 0 fully saturated rings. The number of oxazole rings is 1. The molecule has 0 bridgehead atoms. The van der Waals surface area contributed by atoms with E-state index in [1.54, 1.807) is 24.3 Å². The predicted molar refractivity (Wildman–Crippen MR) is 118 cm³/mol. The third-order valence-corrected chi connectivity index (χ3v) is 4.86. The van der Waals surface area contributed by atoms with Crippen LogP contribution >= 0.6 is 0 Å². The van der Waals surface area contributed by atoms with E-state index in [-0.39, 0.29) is 5.91 Å². The maximum atomic E-state index is 12.8. The number of nitrogens with zero attached hydrogens (tertiary/aromatic N) is 1. The number of amides is 1. The summed E-state index contributed by atoms with van der Waals surface area (Å²) in [6.45, 7) is 2.01. The van der Waals surface area contributed by atoms with Crippen LogP contribution in [-0.4, -0.2) is 32.2 Å². The smallest absolute Gasteiger partial charge is 0.255 e. The van der Waals surface area contributed by atoms with Crippen molar-refractivity contribution in [3.05, 3.63) is 65.7 Å². The fraction of sp³-hybridized carbons (Fsp3) is 0.167. The summed E-state index contributed by atoms with van der Waals surface area (Å²) in [6.07, 6.45) is 0. The molecule has 4 rings (SSSR count). The van der Waals surface area contributed by atoms with Crippen LogP contribution in [-0.2, 0) is 0 Å². The van der Waals surface area contributed by atoms with Crippen molar-refractivity contribution < 1.29 is 23.4 Å². The molecule has 31 heavy (non-hydrogen) atoms. The maximum absolute atomic E-state index is 12.8. The highest BCUT2D eigenvalue weighted by Crippen LogP contribution is 2.38. The van der Waals surface area contributed by atoms with E-state index in [1.165, 1.54) is 21.3 Å². The van der Waals surface area contributed by atoms with Crippen molar-refractivity contribution in [2.24, 2.45) is 0 Å². The molecular weight excluding hydrogens is 396 g/mol. The molecule has 158 valence electrons. The normalized spacial score (nSPS) is 10.7. The fourth-order valence-corrected chi connectivity index (χ4v) is 3.27. The molecule has 0 aliphatic carbocycles. The van der Waals surface area contributed by atoms with Gasteiger partial charge in [0.25, 0.3) is 5.91 Å². The van der Waals surface area contributed by atoms with Gasteiger partial charge in [0.2, 0.25) is 11.6 Å². The van der Waals surface area contributed by atoms with Gasteiger partial charge in [0.05, 0.1) is 21.3 Å². The lowest BCUT2D eigenvalue weighted by Crippen LogP contribution is -2.12. The number of anilines is 1. The third-order valence-electron chi connectivity index (χ3n) is 4.86. The van der Waals surface area contributed by atoms with Gasteiger partial charge in [-0.25, -0.2) is 4.98 Å². The summed E-state index contributed by atoms with van der Waals surface area (Å²) >= 11 is 0. The Kier molecular flexibility index (Phi) is 5.49.